The molecule has 7 heteroatoms. The van der Waals surface area contributed by atoms with Crippen LogP contribution in [-0.2, 0) is 4.79 Å². The number of carbonyl (C=O) groups excluding carboxylic acids is 1. The third kappa shape index (κ3) is 1.98. The van der Waals surface area contributed by atoms with E-state index in [0.717, 1.165) is 0 Å². The van der Waals surface area contributed by atoms with Crippen LogP contribution in [0, 0.1) is 30.0 Å². The predicted molar refractivity (Wildman–Crippen MR) is 74.3 cm³/mol. The smallest absolute Gasteiger partial charge is 0.242 e. The summed E-state index contributed by atoms with van der Waals surface area (Å²) in [5, 5.41) is 18.9. The number of aromatic nitrogens is 2. The highest BCUT2D eigenvalue weighted by Gasteiger charge is 2.41. The van der Waals surface area contributed by atoms with Gasteiger partial charge in [-0.15, -0.1) is 0 Å². The summed E-state index contributed by atoms with van der Waals surface area (Å²) in [6.45, 7) is 1.73. The van der Waals surface area contributed by atoms with Gasteiger partial charge in [-0.25, -0.2) is 4.39 Å². The molecule has 0 bridgehead atoms. The van der Waals surface area contributed by atoms with Gasteiger partial charge in [0.15, 0.2) is 0 Å². The number of anilines is 1. The Balaban J connectivity index is 2.28. The quantitative estimate of drug-likeness (QED) is 0.850. The number of fused-ring (bicyclic) bond motifs is 1. The number of nitriles is 1. The summed E-state index contributed by atoms with van der Waals surface area (Å²) in [5.41, 5.74) is 1.67. The van der Waals surface area contributed by atoms with Crippen molar-refractivity contribution in [3.63, 3.8) is 0 Å². The number of benzene rings is 1. The fraction of sp³-hybridized carbons (Fsp3) is 0.214. The van der Waals surface area contributed by atoms with Crippen LogP contribution in [0.1, 0.15) is 22.9 Å². The zero-order chi connectivity index (χ0) is 15.1. The van der Waals surface area contributed by atoms with E-state index in [1.165, 1.54) is 18.2 Å². The Kier molecular flexibility index (Phi) is 3.15. The summed E-state index contributed by atoms with van der Waals surface area (Å²) in [6, 6.07) is 6.17. The third-order valence-electron chi connectivity index (χ3n) is 3.58. The maximum absolute atomic E-state index is 14.2. The van der Waals surface area contributed by atoms with Crippen LogP contribution in [0.15, 0.2) is 18.2 Å². The number of aryl methyl sites for hydroxylation is 1. The molecule has 5 nitrogen and oxygen atoms in total. The molecule has 1 aromatic heterocycles. The van der Waals surface area contributed by atoms with E-state index in [9.17, 15) is 14.4 Å². The molecule has 0 unspecified atom stereocenters. The van der Waals surface area contributed by atoms with Crippen molar-refractivity contribution in [3.8, 4) is 6.07 Å². The average molecular weight is 305 g/mol. The molecule has 0 fully saturated rings. The Morgan fingerprint density at radius 3 is 2.90 bits per heavy atom. The predicted octanol–water partition coefficient (Wildman–Crippen LogP) is 2.73. The van der Waals surface area contributed by atoms with Crippen LogP contribution >= 0.6 is 11.6 Å². The first-order valence-corrected chi connectivity index (χ1v) is 6.61. The van der Waals surface area contributed by atoms with Gasteiger partial charge >= 0.3 is 0 Å². The van der Waals surface area contributed by atoms with Crippen LogP contribution in [0.2, 0.25) is 5.02 Å². The van der Waals surface area contributed by atoms with Crippen molar-refractivity contribution in [1.82, 2.24) is 10.2 Å². The fourth-order valence-electron chi connectivity index (χ4n) is 2.59. The number of hydrogen-bond acceptors (Lipinski definition) is 3. The summed E-state index contributed by atoms with van der Waals surface area (Å²) < 4.78 is 14.2. The second-order valence-electron chi connectivity index (χ2n) is 4.82. The van der Waals surface area contributed by atoms with Crippen LogP contribution in [0.3, 0.4) is 0 Å². The monoisotopic (exact) mass is 304 g/mol. The molecule has 2 aromatic rings. The van der Waals surface area contributed by atoms with Gasteiger partial charge in [0.2, 0.25) is 5.91 Å². The van der Waals surface area contributed by atoms with Gasteiger partial charge in [0.05, 0.1) is 29.1 Å². The van der Waals surface area contributed by atoms with Crippen molar-refractivity contribution in [2.45, 2.75) is 12.8 Å². The number of H-pyrrole nitrogens is 1. The molecular weight excluding hydrogens is 295 g/mol. The highest BCUT2D eigenvalue weighted by molar-refractivity contribution is 6.31. The van der Waals surface area contributed by atoms with E-state index in [-0.39, 0.29) is 10.6 Å². The maximum Gasteiger partial charge on any atom is 0.242 e. The van der Waals surface area contributed by atoms with Crippen LogP contribution in [0.4, 0.5) is 10.1 Å². The van der Waals surface area contributed by atoms with E-state index in [1.54, 1.807) is 6.92 Å². The second-order valence-corrected chi connectivity index (χ2v) is 5.23. The van der Waals surface area contributed by atoms with E-state index in [1.807, 2.05) is 6.07 Å². The van der Waals surface area contributed by atoms with Crippen molar-refractivity contribution in [2.24, 2.45) is 5.92 Å². The Bertz CT molecular complexity index is 760. The lowest BCUT2D eigenvalue weighted by molar-refractivity contribution is -0.119. The van der Waals surface area contributed by atoms with Gasteiger partial charge in [0.25, 0.3) is 0 Å². The molecule has 0 spiro atoms. The number of halogens is 2. The van der Waals surface area contributed by atoms with Crippen LogP contribution in [0.5, 0.6) is 0 Å². The van der Waals surface area contributed by atoms with E-state index in [0.29, 0.717) is 17.1 Å². The Morgan fingerprint density at radius 2 is 2.24 bits per heavy atom. The van der Waals surface area contributed by atoms with E-state index in [2.05, 4.69) is 15.5 Å². The highest BCUT2D eigenvalue weighted by atomic mass is 35.5. The minimum absolute atomic E-state index is 0.119. The molecule has 0 radical (unpaired) electrons. The number of rotatable bonds is 1. The first-order valence-electron chi connectivity index (χ1n) is 6.23. The van der Waals surface area contributed by atoms with E-state index in [4.69, 9.17) is 11.6 Å². The number of amides is 1. The minimum Gasteiger partial charge on any atom is -0.322 e. The molecule has 1 aromatic carbocycles. The number of hydrogen-bond donors (Lipinski definition) is 2. The molecule has 106 valence electrons. The minimum atomic E-state index is -1.09. The summed E-state index contributed by atoms with van der Waals surface area (Å²) in [5.74, 6) is -2.97. The summed E-state index contributed by atoms with van der Waals surface area (Å²) in [7, 11) is 0. The number of carbonyl (C=O) groups is 1. The van der Waals surface area contributed by atoms with Gasteiger partial charge in [-0.2, -0.15) is 10.4 Å². The molecule has 21 heavy (non-hydrogen) atoms. The number of nitrogens with one attached hydrogen (secondary N) is 2. The summed E-state index contributed by atoms with van der Waals surface area (Å²) >= 11 is 6.09. The lowest BCUT2D eigenvalue weighted by Gasteiger charge is -2.27. The zero-order valence-electron chi connectivity index (χ0n) is 10.9. The van der Waals surface area contributed by atoms with Crippen molar-refractivity contribution in [3.05, 3.63) is 46.0 Å². The van der Waals surface area contributed by atoms with Crippen LogP contribution in [0.25, 0.3) is 0 Å². The molecule has 1 aliphatic heterocycles. The average Bonchev–Trinajstić information content (AvgIpc) is 2.80. The van der Waals surface area contributed by atoms with Gasteiger partial charge in [0, 0.05) is 10.6 Å². The van der Waals surface area contributed by atoms with E-state index >= 15 is 0 Å². The van der Waals surface area contributed by atoms with E-state index < -0.39 is 23.6 Å². The molecule has 1 amide bonds. The Hall–Kier alpha value is -2.39. The molecule has 2 N–H and O–H groups in total. The van der Waals surface area contributed by atoms with Gasteiger partial charge in [0.1, 0.15) is 11.7 Å². The van der Waals surface area contributed by atoms with Crippen LogP contribution < -0.4 is 5.32 Å². The Labute approximate surface area is 124 Å². The molecule has 3 rings (SSSR count). The zero-order valence-corrected chi connectivity index (χ0v) is 11.7. The second kappa shape index (κ2) is 4.86. The van der Waals surface area contributed by atoms with Crippen molar-refractivity contribution in [2.75, 3.05) is 5.32 Å². The molecule has 2 heterocycles. The number of nitrogens with zero attached hydrogens (tertiary/aromatic N) is 2. The molecular formula is C14H10ClFN4O. The maximum atomic E-state index is 14.2. The lowest BCUT2D eigenvalue weighted by atomic mass is 9.80. The molecule has 0 aliphatic carbocycles. The van der Waals surface area contributed by atoms with Gasteiger partial charge < -0.3 is 5.32 Å². The van der Waals surface area contributed by atoms with Crippen molar-refractivity contribution >= 4 is 23.2 Å². The Morgan fingerprint density at radius 1 is 1.48 bits per heavy atom. The summed E-state index contributed by atoms with van der Waals surface area (Å²) in [4.78, 5) is 12.1. The number of aromatic amines is 1. The molecule has 2 atom stereocenters. The van der Waals surface area contributed by atoms with Gasteiger partial charge in [-0.05, 0) is 19.1 Å². The largest absolute Gasteiger partial charge is 0.322 e. The van der Waals surface area contributed by atoms with Crippen molar-refractivity contribution < 1.29 is 9.18 Å². The third-order valence-corrected chi connectivity index (χ3v) is 3.91. The normalized spacial score (nSPS) is 20.6. The SMILES string of the molecule is Cc1[nH]nc2c1NC(=O)[C@H](C#N)[C@H]2c1c(F)cccc1Cl. The standard InChI is InChI=1S/C14H10ClFN4O/c1-6-12-13(20-19-6)10(7(5-17)14(21)18-12)11-8(15)3-2-4-9(11)16/h2-4,7,10H,1H3,(H,18,21)(H,19,20)/t7-,10+/m1/s1. The van der Waals surface area contributed by atoms with Gasteiger partial charge in [-0.1, -0.05) is 17.7 Å². The first-order chi connectivity index (χ1) is 10.0. The fourth-order valence-corrected chi connectivity index (χ4v) is 2.87. The van der Waals surface area contributed by atoms with Crippen LogP contribution in [-0.4, -0.2) is 16.1 Å². The van der Waals surface area contributed by atoms with Gasteiger partial charge in [-0.3, -0.25) is 9.89 Å². The summed E-state index contributed by atoms with van der Waals surface area (Å²) in [6.07, 6.45) is 0. The van der Waals surface area contributed by atoms with Crippen molar-refractivity contribution in [1.29, 1.82) is 5.26 Å². The first kappa shape index (κ1) is 13.6. The molecule has 1 aliphatic rings. The molecule has 0 saturated carbocycles. The molecule has 0 saturated heterocycles. The lowest BCUT2D eigenvalue weighted by Crippen LogP contribution is -2.33. The topological polar surface area (TPSA) is 81.6 Å². The highest BCUT2D eigenvalue weighted by Crippen LogP contribution is 2.43.